The van der Waals surface area contributed by atoms with E-state index < -0.39 is 0 Å². The molecule has 1 aliphatic carbocycles. The number of benzene rings is 1. The van der Waals surface area contributed by atoms with Crippen LogP contribution in [0.1, 0.15) is 24.2 Å². The van der Waals surface area contributed by atoms with E-state index in [9.17, 15) is 0 Å². The second-order valence-corrected chi connectivity index (χ2v) is 4.71. The Kier molecular flexibility index (Phi) is 2.49. The normalized spacial score (nSPS) is 14.8. The monoisotopic (exact) mass is 232 g/mol. The molecule has 0 atom stereocenters. The molecule has 0 radical (unpaired) electrons. The van der Waals surface area contributed by atoms with Gasteiger partial charge in [-0.2, -0.15) is 0 Å². The van der Waals surface area contributed by atoms with E-state index in [0.717, 1.165) is 29.2 Å². The van der Waals surface area contributed by atoms with Gasteiger partial charge in [0.2, 0.25) is 0 Å². The summed E-state index contributed by atoms with van der Waals surface area (Å²) in [5.41, 5.74) is 2.50. The minimum Gasteiger partial charge on any atom is -0.461 e. The molecule has 0 unspecified atom stereocenters. The summed E-state index contributed by atoms with van der Waals surface area (Å²) >= 11 is 5.87. The molecule has 1 heterocycles. The highest BCUT2D eigenvalue weighted by Crippen LogP contribution is 2.30. The minimum absolute atomic E-state index is 0.764. The fourth-order valence-electron chi connectivity index (χ4n) is 2.25. The molecule has 0 saturated carbocycles. The fraction of sp³-hybridized carbons (Fsp3) is 0.286. The average Bonchev–Trinajstić information content (AvgIpc) is 2.73. The van der Waals surface area contributed by atoms with Crippen LogP contribution in [0.25, 0.3) is 11.3 Å². The molecule has 1 aromatic carbocycles. The molecule has 0 N–H and O–H groups in total. The van der Waals surface area contributed by atoms with Gasteiger partial charge >= 0.3 is 0 Å². The molecule has 0 fully saturated rings. The maximum Gasteiger partial charge on any atom is 0.134 e. The van der Waals surface area contributed by atoms with Crippen molar-refractivity contribution < 1.29 is 4.42 Å². The van der Waals surface area contributed by atoms with Crippen LogP contribution in [-0.2, 0) is 12.8 Å². The lowest BCUT2D eigenvalue weighted by Gasteiger charge is -2.07. The standard InChI is InChI=1S/C14H13ClO/c15-12-7-5-10(6-8-12)14-9-11-3-1-2-4-13(11)16-14/h5-9H,1-4H2. The first-order valence-corrected chi connectivity index (χ1v) is 6.08. The molecule has 82 valence electrons. The Labute approximate surface area is 100 Å². The second-order valence-electron chi connectivity index (χ2n) is 4.27. The predicted molar refractivity (Wildman–Crippen MR) is 65.8 cm³/mol. The second kappa shape index (κ2) is 3.99. The summed E-state index contributed by atoms with van der Waals surface area (Å²) in [6, 6.07) is 9.99. The van der Waals surface area contributed by atoms with Crippen LogP contribution in [0, 0.1) is 0 Å². The Bertz CT molecular complexity index is 472. The van der Waals surface area contributed by atoms with Gasteiger partial charge in [0.15, 0.2) is 0 Å². The van der Waals surface area contributed by atoms with E-state index >= 15 is 0 Å². The van der Waals surface area contributed by atoms with Crippen LogP contribution in [0.2, 0.25) is 5.02 Å². The van der Waals surface area contributed by atoms with Gasteiger partial charge in [0, 0.05) is 17.0 Å². The SMILES string of the molecule is Clc1ccc(-c2cc3c(o2)CCCC3)cc1. The molecule has 1 aliphatic rings. The van der Waals surface area contributed by atoms with Gasteiger partial charge in [-0.25, -0.2) is 0 Å². The number of aryl methyl sites for hydroxylation is 2. The molecule has 0 saturated heterocycles. The summed E-state index contributed by atoms with van der Waals surface area (Å²) in [5.74, 6) is 2.15. The Morgan fingerprint density at radius 1 is 1.00 bits per heavy atom. The van der Waals surface area contributed by atoms with Gasteiger partial charge in [0.1, 0.15) is 11.5 Å². The van der Waals surface area contributed by atoms with E-state index in [1.807, 2.05) is 24.3 Å². The third-order valence-corrected chi connectivity index (χ3v) is 3.38. The average molecular weight is 233 g/mol. The lowest BCUT2D eigenvalue weighted by molar-refractivity contribution is 0.487. The minimum atomic E-state index is 0.764. The Balaban J connectivity index is 2.00. The largest absolute Gasteiger partial charge is 0.461 e. The smallest absolute Gasteiger partial charge is 0.134 e. The first-order chi connectivity index (χ1) is 7.83. The van der Waals surface area contributed by atoms with E-state index in [-0.39, 0.29) is 0 Å². The summed E-state index contributed by atoms with van der Waals surface area (Å²) < 4.78 is 5.89. The number of rotatable bonds is 1. The zero-order valence-electron chi connectivity index (χ0n) is 9.00. The molecule has 0 amide bonds. The fourth-order valence-corrected chi connectivity index (χ4v) is 2.37. The molecular weight excluding hydrogens is 220 g/mol. The predicted octanol–water partition coefficient (Wildman–Crippen LogP) is 4.48. The van der Waals surface area contributed by atoms with E-state index in [0.29, 0.717) is 0 Å². The molecule has 0 aliphatic heterocycles. The highest BCUT2D eigenvalue weighted by molar-refractivity contribution is 6.30. The topological polar surface area (TPSA) is 13.1 Å². The maximum absolute atomic E-state index is 5.89. The summed E-state index contributed by atoms with van der Waals surface area (Å²) in [6.07, 6.45) is 4.78. The number of furan rings is 1. The van der Waals surface area contributed by atoms with Gasteiger partial charge in [-0.1, -0.05) is 11.6 Å². The molecule has 3 rings (SSSR count). The van der Waals surface area contributed by atoms with E-state index in [1.165, 1.54) is 24.2 Å². The van der Waals surface area contributed by atoms with Gasteiger partial charge in [-0.15, -0.1) is 0 Å². The van der Waals surface area contributed by atoms with Crippen molar-refractivity contribution in [1.82, 2.24) is 0 Å². The highest BCUT2D eigenvalue weighted by Gasteiger charge is 2.15. The number of halogens is 1. The Morgan fingerprint density at radius 3 is 2.50 bits per heavy atom. The molecule has 0 spiro atoms. The summed E-state index contributed by atoms with van der Waals surface area (Å²) in [6.45, 7) is 0. The van der Waals surface area contributed by atoms with Gasteiger partial charge < -0.3 is 4.42 Å². The Morgan fingerprint density at radius 2 is 1.75 bits per heavy atom. The number of fused-ring (bicyclic) bond motifs is 1. The summed E-state index contributed by atoms with van der Waals surface area (Å²) in [5, 5.41) is 0.764. The van der Waals surface area contributed by atoms with E-state index in [2.05, 4.69) is 6.07 Å². The van der Waals surface area contributed by atoms with Crippen LogP contribution in [0.3, 0.4) is 0 Å². The third kappa shape index (κ3) is 1.76. The van der Waals surface area contributed by atoms with Crippen molar-refractivity contribution in [2.75, 3.05) is 0 Å². The van der Waals surface area contributed by atoms with Gasteiger partial charge in [0.25, 0.3) is 0 Å². The summed E-state index contributed by atoms with van der Waals surface area (Å²) in [7, 11) is 0. The van der Waals surface area contributed by atoms with E-state index in [1.54, 1.807) is 0 Å². The van der Waals surface area contributed by atoms with Crippen molar-refractivity contribution in [2.45, 2.75) is 25.7 Å². The van der Waals surface area contributed by atoms with E-state index in [4.69, 9.17) is 16.0 Å². The summed E-state index contributed by atoms with van der Waals surface area (Å²) in [4.78, 5) is 0. The number of hydrogen-bond acceptors (Lipinski definition) is 1. The van der Waals surface area contributed by atoms with Crippen molar-refractivity contribution in [1.29, 1.82) is 0 Å². The molecule has 2 heteroatoms. The van der Waals surface area contributed by atoms with Crippen LogP contribution >= 0.6 is 11.6 Å². The lowest BCUT2D eigenvalue weighted by atomic mass is 9.98. The van der Waals surface area contributed by atoms with Crippen LogP contribution in [-0.4, -0.2) is 0 Å². The van der Waals surface area contributed by atoms with Crippen molar-refractivity contribution in [3.8, 4) is 11.3 Å². The lowest BCUT2D eigenvalue weighted by Crippen LogP contribution is -1.97. The van der Waals surface area contributed by atoms with Crippen LogP contribution < -0.4 is 0 Å². The molecular formula is C14H13ClO. The first kappa shape index (κ1) is 9.98. The number of hydrogen-bond donors (Lipinski definition) is 0. The molecule has 2 aromatic rings. The third-order valence-electron chi connectivity index (χ3n) is 3.13. The first-order valence-electron chi connectivity index (χ1n) is 5.70. The van der Waals surface area contributed by atoms with Crippen LogP contribution in [0.4, 0.5) is 0 Å². The van der Waals surface area contributed by atoms with Gasteiger partial charge in [-0.3, -0.25) is 0 Å². The maximum atomic E-state index is 5.89. The molecule has 1 aromatic heterocycles. The Hall–Kier alpha value is -1.21. The van der Waals surface area contributed by atoms with Crippen molar-refractivity contribution in [3.63, 3.8) is 0 Å². The van der Waals surface area contributed by atoms with Crippen molar-refractivity contribution in [3.05, 3.63) is 46.7 Å². The molecule has 16 heavy (non-hydrogen) atoms. The van der Waals surface area contributed by atoms with Gasteiger partial charge in [0.05, 0.1) is 0 Å². The molecule has 1 nitrogen and oxygen atoms in total. The zero-order valence-corrected chi connectivity index (χ0v) is 9.76. The zero-order chi connectivity index (χ0) is 11.0. The van der Waals surface area contributed by atoms with Gasteiger partial charge in [-0.05, 0) is 55.2 Å². The van der Waals surface area contributed by atoms with Crippen molar-refractivity contribution >= 4 is 11.6 Å². The molecule has 0 bridgehead atoms. The highest BCUT2D eigenvalue weighted by atomic mass is 35.5. The quantitative estimate of drug-likeness (QED) is 0.707. The van der Waals surface area contributed by atoms with Crippen LogP contribution in [0.5, 0.6) is 0 Å². The van der Waals surface area contributed by atoms with Crippen LogP contribution in [0.15, 0.2) is 34.7 Å². The van der Waals surface area contributed by atoms with Crippen molar-refractivity contribution in [2.24, 2.45) is 0 Å².